The Kier molecular flexibility index (Phi) is 6.31. The number of carbonyl (C=O) groups is 1. The van der Waals surface area contributed by atoms with E-state index in [-0.39, 0.29) is 42.7 Å². The third kappa shape index (κ3) is 4.34. The lowest BCUT2D eigenvalue weighted by Crippen LogP contribution is -2.53. The number of nitrogens with zero attached hydrogens (tertiary/aromatic N) is 2. The lowest BCUT2D eigenvalue weighted by atomic mass is 10.2. The van der Waals surface area contributed by atoms with Gasteiger partial charge in [0.25, 0.3) is 5.91 Å². The Balaban J connectivity index is 1.63. The summed E-state index contributed by atoms with van der Waals surface area (Å²) >= 11 is 0. The highest BCUT2D eigenvalue weighted by Gasteiger charge is 2.32. The third-order valence-corrected chi connectivity index (χ3v) is 6.60. The summed E-state index contributed by atoms with van der Waals surface area (Å²) in [6, 6.07) is 14.2. The van der Waals surface area contributed by atoms with Gasteiger partial charge in [-0.2, -0.15) is 4.31 Å². The summed E-state index contributed by atoms with van der Waals surface area (Å²) in [5, 5.41) is 0. The van der Waals surface area contributed by atoms with E-state index >= 15 is 0 Å². The van der Waals surface area contributed by atoms with Crippen molar-refractivity contribution in [3.8, 4) is 5.75 Å². The van der Waals surface area contributed by atoms with Gasteiger partial charge in [-0.25, -0.2) is 12.8 Å². The number of hydrogen-bond acceptors (Lipinski definition) is 4. The minimum absolute atomic E-state index is 0.0352. The summed E-state index contributed by atoms with van der Waals surface area (Å²) in [4.78, 5) is 14.6. The molecule has 1 amide bonds. The first kappa shape index (κ1) is 20.3. The van der Waals surface area contributed by atoms with Gasteiger partial charge in [-0.3, -0.25) is 4.79 Å². The molecule has 8 heteroatoms. The minimum Gasteiger partial charge on any atom is -0.478 e. The number of sulfonamides is 1. The summed E-state index contributed by atoms with van der Waals surface area (Å²) in [6.07, 6.45) is -0.426. The van der Waals surface area contributed by atoms with Crippen LogP contribution in [0.3, 0.4) is 0 Å². The van der Waals surface area contributed by atoms with Crippen LogP contribution in [0.4, 0.5) is 4.39 Å². The van der Waals surface area contributed by atoms with E-state index in [1.165, 1.54) is 16.4 Å². The van der Waals surface area contributed by atoms with Crippen LogP contribution in [-0.2, 0) is 14.8 Å². The average molecular weight is 406 g/mol. The molecule has 3 rings (SSSR count). The largest absolute Gasteiger partial charge is 0.478 e. The molecule has 1 aliphatic heterocycles. The van der Waals surface area contributed by atoms with Crippen LogP contribution in [0.15, 0.2) is 59.5 Å². The lowest BCUT2D eigenvalue weighted by molar-refractivity contribution is -0.140. The Morgan fingerprint density at radius 3 is 2.25 bits per heavy atom. The molecule has 0 aromatic heterocycles. The van der Waals surface area contributed by atoms with Crippen molar-refractivity contribution in [2.24, 2.45) is 0 Å². The molecular formula is C20H23FN2O4S. The van der Waals surface area contributed by atoms with E-state index in [0.717, 1.165) is 0 Å². The number of piperazine rings is 1. The van der Waals surface area contributed by atoms with E-state index in [4.69, 9.17) is 4.74 Å². The Morgan fingerprint density at radius 2 is 1.64 bits per heavy atom. The maximum absolute atomic E-state index is 13.8. The van der Waals surface area contributed by atoms with Crippen LogP contribution in [0.2, 0.25) is 0 Å². The molecule has 2 aromatic rings. The van der Waals surface area contributed by atoms with E-state index in [1.54, 1.807) is 54.3 Å². The molecule has 1 heterocycles. The second-order valence-corrected chi connectivity index (χ2v) is 8.43. The quantitative estimate of drug-likeness (QED) is 0.739. The number of para-hydroxylation sites is 1. The molecule has 1 atom stereocenters. The van der Waals surface area contributed by atoms with E-state index in [2.05, 4.69) is 0 Å². The topological polar surface area (TPSA) is 66.9 Å². The van der Waals surface area contributed by atoms with Crippen LogP contribution >= 0.6 is 0 Å². The van der Waals surface area contributed by atoms with Gasteiger partial charge >= 0.3 is 0 Å². The molecule has 150 valence electrons. The highest BCUT2D eigenvalue weighted by molar-refractivity contribution is 7.89. The summed E-state index contributed by atoms with van der Waals surface area (Å²) in [5.74, 6) is -0.747. The number of ether oxygens (including phenoxy) is 1. The lowest BCUT2D eigenvalue weighted by Gasteiger charge is -2.35. The fourth-order valence-corrected chi connectivity index (χ4v) is 4.54. The Hall–Kier alpha value is -2.45. The average Bonchev–Trinajstić information content (AvgIpc) is 2.73. The van der Waals surface area contributed by atoms with E-state index in [9.17, 15) is 17.6 Å². The number of halogens is 1. The molecule has 1 aliphatic rings. The van der Waals surface area contributed by atoms with E-state index in [0.29, 0.717) is 6.42 Å². The van der Waals surface area contributed by atoms with Gasteiger partial charge in [0.1, 0.15) is 0 Å². The molecule has 1 saturated heterocycles. The van der Waals surface area contributed by atoms with Crippen LogP contribution in [0.5, 0.6) is 5.75 Å². The van der Waals surface area contributed by atoms with Gasteiger partial charge in [-0.15, -0.1) is 0 Å². The molecule has 1 fully saturated rings. The van der Waals surface area contributed by atoms with Crippen LogP contribution in [0.25, 0.3) is 0 Å². The molecule has 0 N–H and O–H groups in total. The van der Waals surface area contributed by atoms with Crippen molar-refractivity contribution < 1.29 is 22.3 Å². The van der Waals surface area contributed by atoms with Gasteiger partial charge < -0.3 is 9.64 Å². The maximum atomic E-state index is 13.8. The molecule has 0 radical (unpaired) electrons. The van der Waals surface area contributed by atoms with Crippen molar-refractivity contribution in [2.45, 2.75) is 24.3 Å². The van der Waals surface area contributed by atoms with Crippen molar-refractivity contribution in [3.63, 3.8) is 0 Å². The zero-order chi connectivity index (χ0) is 20.1. The molecule has 28 heavy (non-hydrogen) atoms. The second kappa shape index (κ2) is 8.70. The van der Waals surface area contributed by atoms with Crippen LogP contribution in [0.1, 0.15) is 13.3 Å². The monoisotopic (exact) mass is 406 g/mol. The second-order valence-electron chi connectivity index (χ2n) is 6.49. The molecule has 1 unspecified atom stereocenters. The van der Waals surface area contributed by atoms with Gasteiger partial charge in [0.05, 0.1) is 4.90 Å². The summed E-state index contributed by atoms with van der Waals surface area (Å²) in [7, 11) is -3.58. The van der Waals surface area contributed by atoms with Crippen molar-refractivity contribution in [2.75, 3.05) is 26.2 Å². The summed E-state index contributed by atoms with van der Waals surface area (Å²) in [6.45, 7) is 2.74. The zero-order valence-corrected chi connectivity index (χ0v) is 16.4. The number of carbonyl (C=O) groups excluding carboxylic acids is 1. The summed E-state index contributed by atoms with van der Waals surface area (Å²) < 4.78 is 46.1. The van der Waals surface area contributed by atoms with Gasteiger partial charge in [0, 0.05) is 26.2 Å². The first-order valence-corrected chi connectivity index (χ1v) is 10.6. The SMILES string of the molecule is CCC(Oc1ccccc1F)C(=O)N1CCN(S(=O)(=O)c2ccccc2)CC1. The van der Waals surface area contributed by atoms with Gasteiger partial charge in [0.2, 0.25) is 10.0 Å². The zero-order valence-electron chi connectivity index (χ0n) is 15.6. The molecular weight excluding hydrogens is 383 g/mol. The smallest absolute Gasteiger partial charge is 0.263 e. The number of hydrogen-bond donors (Lipinski definition) is 0. The van der Waals surface area contributed by atoms with Crippen molar-refractivity contribution in [1.82, 2.24) is 9.21 Å². The van der Waals surface area contributed by atoms with Gasteiger partial charge in [-0.05, 0) is 30.7 Å². The summed E-state index contributed by atoms with van der Waals surface area (Å²) in [5.41, 5.74) is 0. The fourth-order valence-electron chi connectivity index (χ4n) is 3.10. The molecule has 2 aromatic carbocycles. The van der Waals surface area contributed by atoms with E-state index in [1.807, 2.05) is 0 Å². The van der Waals surface area contributed by atoms with Crippen LogP contribution in [0, 0.1) is 5.82 Å². The molecule has 0 bridgehead atoms. The standard InChI is InChI=1S/C20H23FN2O4S/c1-2-18(27-19-11-7-6-10-17(19)21)20(24)22-12-14-23(15-13-22)28(25,26)16-8-4-3-5-9-16/h3-11,18H,2,12-15H2,1H3. The van der Waals surface area contributed by atoms with Gasteiger partial charge in [0.15, 0.2) is 17.7 Å². The Bertz CT molecular complexity index is 913. The molecule has 0 saturated carbocycles. The highest BCUT2D eigenvalue weighted by atomic mass is 32.2. The predicted octanol–water partition coefficient (Wildman–Crippen LogP) is 2.52. The van der Waals surface area contributed by atoms with Crippen LogP contribution < -0.4 is 4.74 Å². The third-order valence-electron chi connectivity index (χ3n) is 4.68. The number of amides is 1. The molecule has 0 spiro atoms. The van der Waals surface area contributed by atoms with Crippen molar-refractivity contribution in [3.05, 3.63) is 60.4 Å². The Labute approximate surface area is 164 Å². The van der Waals surface area contributed by atoms with Crippen LogP contribution in [-0.4, -0.2) is 55.8 Å². The first-order chi connectivity index (χ1) is 13.4. The molecule has 6 nitrogen and oxygen atoms in total. The van der Waals surface area contributed by atoms with Crippen molar-refractivity contribution in [1.29, 1.82) is 0 Å². The number of rotatable bonds is 6. The predicted molar refractivity (Wildman–Crippen MR) is 103 cm³/mol. The fraction of sp³-hybridized carbons (Fsp3) is 0.350. The maximum Gasteiger partial charge on any atom is 0.263 e. The molecule has 0 aliphatic carbocycles. The first-order valence-electron chi connectivity index (χ1n) is 9.18. The van der Waals surface area contributed by atoms with Crippen molar-refractivity contribution >= 4 is 15.9 Å². The van der Waals surface area contributed by atoms with E-state index < -0.39 is 21.9 Å². The Morgan fingerprint density at radius 1 is 1.04 bits per heavy atom. The number of benzene rings is 2. The highest BCUT2D eigenvalue weighted by Crippen LogP contribution is 2.21. The van der Waals surface area contributed by atoms with Gasteiger partial charge in [-0.1, -0.05) is 37.3 Å². The normalized spacial score (nSPS) is 16.6. The minimum atomic E-state index is -3.58.